The van der Waals surface area contributed by atoms with Crippen LogP contribution in [-0.4, -0.2) is 11.1 Å². The zero-order valence-electron chi connectivity index (χ0n) is 8.47. The fourth-order valence-corrected chi connectivity index (χ4v) is 1.84. The molecule has 1 aromatic carbocycles. The maximum atomic E-state index is 11.1. The van der Waals surface area contributed by atoms with Crippen LogP contribution in [0.2, 0.25) is 0 Å². The van der Waals surface area contributed by atoms with Crippen LogP contribution >= 0.6 is 0 Å². The lowest BCUT2D eigenvalue weighted by Gasteiger charge is -2.04. The normalized spacial score (nSPS) is 11.1. The zero-order chi connectivity index (χ0) is 12.0. The van der Waals surface area contributed by atoms with Crippen molar-refractivity contribution in [2.45, 2.75) is 0 Å². The van der Waals surface area contributed by atoms with Gasteiger partial charge in [-0.1, -0.05) is 12.1 Å². The van der Waals surface area contributed by atoms with Crippen molar-refractivity contribution in [2.75, 3.05) is 0 Å². The lowest BCUT2D eigenvalue weighted by atomic mass is 10.1. The van der Waals surface area contributed by atoms with Gasteiger partial charge in [0.1, 0.15) is 17.4 Å². The van der Waals surface area contributed by atoms with Gasteiger partial charge in [-0.15, -0.1) is 0 Å². The molecule has 5 nitrogen and oxygen atoms in total. The molecule has 0 unspecified atom stereocenters. The van der Waals surface area contributed by atoms with Crippen molar-refractivity contribution in [3.8, 4) is 11.3 Å². The van der Waals surface area contributed by atoms with E-state index in [0.717, 1.165) is 0 Å². The average Bonchev–Trinajstić information content (AvgIpc) is 2.68. The Morgan fingerprint density at radius 1 is 1.29 bits per heavy atom. The summed E-state index contributed by atoms with van der Waals surface area (Å²) in [5, 5.41) is 9.56. The summed E-state index contributed by atoms with van der Waals surface area (Å²) < 4.78 is 10.1. The molecule has 2 heterocycles. The van der Waals surface area contributed by atoms with Crippen LogP contribution in [0, 0.1) is 0 Å². The van der Waals surface area contributed by atoms with E-state index >= 15 is 0 Å². The summed E-state index contributed by atoms with van der Waals surface area (Å²) in [6.45, 7) is 0. The van der Waals surface area contributed by atoms with E-state index in [0.29, 0.717) is 16.7 Å². The Kier molecular flexibility index (Phi) is 1.82. The third-order valence-electron chi connectivity index (χ3n) is 2.56. The van der Waals surface area contributed by atoms with Crippen molar-refractivity contribution in [3.05, 3.63) is 46.5 Å². The van der Waals surface area contributed by atoms with Gasteiger partial charge in [0.25, 0.3) is 0 Å². The van der Waals surface area contributed by atoms with Gasteiger partial charge in [0.2, 0.25) is 0 Å². The van der Waals surface area contributed by atoms with Crippen LogP contribution in [0.1, 0.15) is 10.4 Å². The summed E-state index contributed by atoms with van der Waals surface area (Å²) in [6, 6.07) is 6.04. The Morgan fingerprint density at radius 2 is 2.12 bits per heavy atom. The average molecular weight is 230 g/mol. The summed E-state index contributed by atoms with van der Waals surface area (Å²) in [4.78, 5) is 22.1. The number of furan rings is 1. The zero-order valence-corrected chi connectivity index (χ0v) is 8.47. The Labute approximate surface area is 94.2 Å². The van der Waals surface area contributed by atoms with Crippen LogP contribution in [0.3, 0.4) is 0 Å². The minimum atomic E-state index is -1.08. The molecule has 0 spiro atoms. The highest BCUT2D eigenvalue weighted by atomic mass is 16.4. The Hall–Kier alpha value is -2.56. The molecule has 5 heteroatoms. The molecule has 0 aromatic heterocycles. The number of fused-ring (bicyclic) bond motifs is 3. The molecule has 3 rings (SSSR count). The Balaban J connectivity index is 2.52. The standard InChI is InChI=1S/C12H6O5/c13-10-4-8-6-2-1-3-7(12(14)15)11(6)16-5-9(8)17-10/h1-5H,(H,14,15). The summed E-state index contributed by atoms with van der Waals surface area (Å²) in [7, 11) is 0. The number of carbonyl (C=O) groups is 1. The van der Waals surface area contributed by atoms with Crippen molar-refractivity contribution >= 4 is 16.9 Å². The van der Waals surface area contributed by atoms with Crippen molar-refractivity contribution in [1.82, 2.24) is 0 Å². The Bertz CT molecular complexity index is 749. The molecule has 84 valence electrons. The number of hydrogen-bond acceptors (Lipinski definition) is 4. The summed E-state index contributed by atoms with van der Waals surface area (Å²) >= 11 is 0. The molecule has 0 saturated heterocycles. The maximum absolute atomic E-state index is 11.1. The van der Waals surface area contributed by atoms with Gasteiger partial charge in [0.15, 0.2) is 5.76 Å². The highest BCUT2D eigenvalue weighted by molar-refractivity contribution is 6.04. The van der Waals surface area contributed by atoms with Crippen LogP contribution in [0.25, 0.3) is 22.3 Å². The number of benzene rings is 1. The first kappa shape index (κ1) is 9.65. The molecule has 0 radical (unpaired) electrons. The number of para-hydroxylation sites is 1. The van der Waals surface area contributed by atoms with Crippen molar-refractivity contribution < 1.29 is 18.7 Å². The molecule has 0 amide bonds. The molecule has 0 aliphatic carbocycles. The quantitative estimate of drug-likeness (QED) is 0.692. The molecule has 2 aliphatic heterocycles. The van der Waals surface area contributed by atoms with Crippen LogP contribution in [0.5, 0.6) is 0 Å². The van der Waals surface area contributed by atoms with Crippen LogP contribution in [0.15, 0.2) is 44.2 Å². The van der Waals surface area contributed by atoms with Gasteiger partial charge in [-0.3, -0.25) is 0 Å². The van der Waals surface area contributed by atoms with Gasteiger partial charge in [0, 0.05) is 17.0 Å². The minimum absolute atomic E-state index is 0.0537. The van der Waals surface area contributed by atoms with Gasteiger partial charge in [-0.25, -0.2) is 9.59 Å². The monoisotopic (exact) mass is 230 g/mol. The smallest absolute Gasteiger partial charge is 0.339 e. The molecule has 0 fully saturated rings. The van der Waals surface area contributed by atoms with Gasteiger partial charge in [-0.05, 0) is 6.07 Å². The second kappa shape index (κ2) is 3.21. The largest absolute Gasteiger partial charge is 0.478 e. The van der Waals surface area contributed by atoms with E-state index in [9.17, 15) is 9.59 Å². The molecule has 2 aliphatic rings. The van der Waals surface area contributed by atoms with Gasteiger partial charge >= 0.3 is 11.6 Å². The summed E-state index contributed by atoms with van der Waals surface area (Å²) in [6.07, 6.45) is 1.24. The van der Waals surface area contributed by atoms with E-state index in [1.165, 1.54) is 18.4 Å². The molecule has 1 N–H and O–H groups in total. The predicted molar refractivity (Wildman–Crippen MR) is 58.3 cm³/mol. The van der Waals surface area contributed by atoms with Crippen LogP contribution in [-0.2, 0) is 0 Å². The van der Waals surface area contributed by atoms with E-state index in [4.69, 9.17) is 13.9 Å². The minimum Gasteiger partial charge on any atom is -0.478 e. The molecular formula is C12H6O5. The fraction of sp³-hybridized carbons (Fsp3) is 0. The van der Waals surface area contributed by atoms with E-state index in [2.05, 4.69) is 0 Å². The molecular weight excluding hydrogens is 224 g/mol. The second-order valence-corrected chi connectivity index (χ2v) is 3.57. The van der Waals surface area contributed by atoms with Crippen LogP contribution < -0.4 is 5.63 Å². The number of carboxylic acids is 1. The first-order chi connectivity index (χ1) is 8.16. The SMILES string of the molecule is O=C(O)c1cccc2c3cc(=O)oc-3coc12. The first-order valence-corrected chi connectivity index (χ1v) is 4.84. The second-order valence-electron chi connectivity index (χ2n) is 3.57. The molecule has 1 aromatic rings. The van der Waals surface area contributed by atoms with Gasteiger partial charge in [-0.2, -0.15) is 0 Å². The number of hydrogen-bond donors (Lipinski definition) is 1. The lowest BCUT2D eigenvalue weighted by Crippen LogP contribution is -1.97. The highest BCUT2D eigenvalue weighted by Crippen LogP contribution is 2.31. The maximum Gasteiger partial charge on any atom is 0.339 e. The number of carboxylic acid groups (broad SMARTS) is 1. The third kappa shape index (κ3) is 1.32. The summed E-state index contributed by atoms with van der Waals surface area (Å²) in [5.74, 6) is -0.769. The number of aromatic carboxylic acids is 1. The lowest BCUT2D eigenvalue weighted by molar-refractivity contribution is 0.0697. The molecule has 0 atom stereocenters. The molecule has 0 saturated carbocycles. The van der Waals surface area contributed by atoms with Crippen molar-refractivity contribution in [2.24, 2.45) is 0 Å². The van der Waals surface area contributed by atoms with Crippen molar-refractivity contribution in [3.63, 3.8) is 0 Å². The van der Waals surface area contributed by atoms with E-state index in [1.807, 2.05) is 0 Å². The topological polar surface area (TPSA) is 80.6 Å². The van der Waals surface area contributed by atoms with E-state index < -0.39 is 11.6 Å². The summed E-state index contributed by atoms with van der Waals surface area (Å²) in [5.41, 5.74) is 0.356. The highest BCUT2D eigenvalue weighted by Gasteiger charge is 2.18. The Morgan fingerprint density at radius 3 is 2.88 bits per heavy atom. The van der Waals surface area contributed by atoms with Gasteiger partial charge < -0.3 is 13.9 Å². The molecule has 17 heavy (non-hydrogen) atoms. The van der Waals surface area contributed by atoms with Crippen LogP contribution in [0.4, 0.5) is 0 Å². The van der Waals surface area contributed by atoms with Gasteiger partial charge in [0.05, 0.1) is 0 Å². The van der Waals surface area contributed by atoms with Crippen molar-refractivity contribution in [1.29, 1.82) is 0 Å². The van der Waals surface area contributed by atoms with E-state index in [1.54, 1.807) is 12.1 Å². The third-order valence-corrected chi connectivity index (χ3v) is 2.56. The van der Waals surface area contributed by atoms with E-state index in [-0.39, 0.29) is 11.1 Å². The predicted octanol–water partition coefficient (Wildman–Crippen LogP) is 2.19. The number of rotatable bonds is 1. The first-order valence-electron chi connectivity index (χ1n) is 4.84. The molecule has 0 bridgehead atoms. The fourth-order valence-electron chi connectivity index (χ4n) is 1.84.